The smallest absolute Gasteiger partial charge is 0.321 e. The van der Waals surface area contributed by atoms with Gasteiger partial charge >= 0.3 is 6.03 Å². The van der Waals surface area contributed by atoms with Gasteiger partial charge in [-0.25, -0.2) is 9.18 Å². The van der Waals surface area contributed by atoms with Crippen LogP contribution in [0.4, 0.5) is 20.6 Å². The first-order chi connectivity index (χ1) is 11.0. The maximum atomic E-state index is 13.7. The molecule has 1 aliphatic rings. The van der Waals surface area contributed by atoms with Crippen molar-refractivity contribution in [2.75, 3.05) is 23.3 Å². The number of urea groups is 1. The summed E-state index contributed by atoms with van der Waals surface area (Å²) in [6.07, 6.45) is 0. The lowest BCUT2D eigenvalue weighted by Gasteiger charge is -2.14. The molecule has 3 amide bonds. The van der Waals surface area contributed by atoms with E-state index in [9.17, 15) is 14.0 Å². The Hall–Kier alpha value is -2.89. The van der Waals surface area contributed by atoms with Gasteiger partial charge in [0.2, 0.25) is 0 Å². The van der Waals surface area contributed by atoms with E-state index in [1.54, 1.807) is 41.3 Å². The van der Waals surface area contributed by atoms with Crippen LogP contribution in [0.15, 0.2) is 42.5 Å². The van der Waals surface area contributed by atoms with Gasteiger partial charge in [-0.15, -0.1) is 0 Å². The van der Waals surface area contributed by atoms with Gasteiger partial charge in [0.25, 0.3) is 5.91 Å². The molecule has 0 aromatic heterocycles. The highest BCUT2D eigenvalue weighted by Gasteiger charge is 2.21. The van der Waals surface area contributed by atoms with Crippen molar-refractivity contribution in [3.63, 3.8) is 0 Å². The van der Waals surface area contributed by atoms with Gasteiger partial charge in [0.15, 0.2) is 0 Å². The Labute approximate surface area is 133 Å². The fourth-order valence-electron chi connectivity index (χ4n) is 2.44. The number of carbonyl (C=O) groups is 2. The van der Waals surface area contributed by atoms with E-state index in [4.69, 9.17) is 0 Å². The molecule has 0 spiro atoms. The van der Waals surface area contributed by atoms with Crippen molar-refractivity contribution >= 4 is 23.3 Å². The van der Waals surface area contributed by atoms with Crippen LogP contribution < -0.4 is 15.5 Å². The molecule has 0 aliphatic carbocycles. The normalized spacial score (nSPS) is 13.8. The number of carbonyl (C=O) groups excluding carboxylic acids is 2. The molecule has 6 heteroatoms. The molecule has 1 fully saturated rings. The summed E-state index contributed by atoms with van der Waals surface area (Å²) in [5.41, 5.74) is 2.13. The average molecular weight is 313 g/mol. The summed E-state index contributed by atoms with van der Waals surface area (Å²) in [7, 11) is 0. The zero-order valence-corrected chi connectivity index (χ0v) is 12.6. The highest BCUT2D eigenvalue weighted by molar-refractivity contribution is 6.05. The van der Waals surface area contributed by atoms with Crippen LogP contribution in [0.1, 0.15) is 15.9 Å². The molecule has 2 aromatic rings. The highest BCUT2D eigenvalue weighted by Crippen LogP contribution is 2.20. The van der Waals surface area contributed by atoms with Crippen molar-refractivity contribution in [2.24, 2.45) is 0 Å². The van der Waals surface area contributed by atoms with Crippen LogP contribution in [0.5, 0.6) is 0 Å². The molecule has 3 rings (SSSR count). The summed E-state index contributed by atoms with van der Waals surface area (Å²) in [4.78, 5) is 25.4. The molecular weight excluding hydrogens is 297 g/mol. The maximum absolute atomic E-state index is 13.7. The average Bonchev–Trinajstić information content (AvgIpc) is 2.97. The minimum absolute atomic E-state index is 0.149. The van der Waals surface area contributed by atoms with Crippen molar-refractivity contribution in [3.8, 4) is 0 Å². The molecule has 118 valence electrons. The second-order valence-electron chi connectivity index (χ2n) is 5.37. The number of amides is 3. The van der Waals surface area contributed by atoms with Crippen molar-refractivity contribution in [1.29, 1.82) is 0 Å². The Morgan fingerprint density at radius 1 is 1.22 bits per heavy atom. The van der Waals surface area contributed by atoms with E-state index >= 15 is 0 Å². The summed E-state index contributed by atoms with van der Waals surface area (Å²) < 4.78 is 13.7. The summed E-state index contributed by atoms with van der Waals surface area (Å²) >= 11 is 0. The van der Waals surface area contributed by atoms with Crippen LogP contribution in [0, 0.1) is 12.7 Å². The van der Waals surface area contributed by atoms with Crippen molar-refractivity contribution < 1.29 is 14.0 Å². The van der Waals surface area contributed by atoms with E-state index in [1.165, 1.54) is 6.07 Å². The summed E-state index contributed by atoms with van der Waals surface area (Å²) in [6.45, 7) is 3.03. The van der Waals surface area contributed by atoms with E-state index < -0.39 is 11.7 Å². The minimum atomic E-state index is -0.477. The standard InChI is InChI=1S/C17H16FN3O2/c1-11-2-7-14(18)15(10-11)20-16(22)12-3-5-13(6-4-12)21-9-8-19-17(21)23/h2-7,10H,8-9H2,1H3,(H,19,23)(H,20,22). The lowest BCUT2D eigenvalue weighted by atomic mass is 10.1. The molecule has 0 radical (unpaired) electrons. The molecule has 0 saturated carbocycles. The number of benzene rings is 2. The van der Waals surface area contributed by atoms with Gasteiger partial charge in [-0.1, -0.05) is 6.07 Å². The predicted octanol–water partition coefficient (Wildman–Crippen LogP) is 2.92. The van der Waals surface area contributed by atoms with E-state index in [2.05, 4.69) is 10.6 Å². The Morgan fingerprint density at radius 2 is 1.96 bits per heavy atom. The van der Waals surface area contributed by atoms with Gasteiger partial charge in [-0.2, -0.15) is 0 Å². The van der Waals surface area contributed by atoms with Gasteiger partial charge in [0.1, 0.15) is 5.82 Å². The number of nitrogens with one attached hydrogen (secondary N) is 2. The van der Waals surface area contributed by atoms with Crippen molar-refractivity contribution in [1.82, 2.24) is 5.32 Å². The molecular formula is C17H16FN3O2. The number of hydrogen-bond donors (Lipinski definition) is 2. The zero-order chi connectivity index (χ0) is 16.4. The third kappa shape index (κ3) is 3.15. The Bertz CT molecular complexity index is 759. The quantitative estimate of drug-likeness (QED) is 0.915. The number of anilines is 2. The number of nitrogens with zero attached hydrogens (tertiary/aromatic N) is 1. The first-order valence-corrected chi connectivity index (χ1v) is 7.27. The van der Waals surface area contributed by atoms with Crippen LogP contribution in [0.3, 0.4) is 0 Å². The Balaban J connectivity index is 1.75. The van der Waals surface area contributed by atoms with Gasteiger partial charge < -0.3 is 10.6 Å². The van der Waals surface area contributed by atoms with Crippen LogP contribution >= 0.6 is 0 Å². The van der Waals surface area contributed by atoms with Crippen LogP contribution in [0.2, 0.25) is 0 Å². The van der Waals surface area contributed by atoms with Crippen molar-refractivity contribution in [2.45, 2.75) is 6.92 Å². The van der Waals surface area contributed by atoms with Crippen LogP contribution in [0.25, 0.3) is 0 Å². The van der Waals surface area contributed by atoms with E-state index in [0.29, 0.717) is 18.7 Å². The summed E-state index contributed by atoms with van der Waals surface area (Å²) in [5, 5.41) is 5.27. The SMILES string of the molecule is Cc1ccc(F)c(NC(=O)c2ccc(N3CCNC3=O)cc2)c1. The third-order valence-corrected chi connectivity index (χ3v) is 3.67. The number of hydrogen-bond acceptors (Lipinski definition) is 2. The fraction of sp³-hybridized carbons (Fsp3) is 0.176. The number of halogens is 1. The van der Waals surface area contributed by atoms with Gasteiger partial charge in [-0.05, 0) is 48.9 Å². The Morgan fingerprint density at radius 3 is 2.61 bits per heavy atom. The second kappa shape index (κ2) is 6.08. The molecule has 23 heavy (non-hydrogen) atoms. The number of aryl methyl sites for hydroxylation is 1. The second-order valence-corrected chi connectivity index (χ2v) is 5.37. The molecule has 0 bridgehead atoms. The first-order valence-electron chi connectivity index (χ1n) is 7.27. The largest absolute Gasteiger partial charge is 0.336 e. The lowest BCUT2D eigenvalue weighted by molar-refractivity contribution is 0.102. The van der Waals surface area contributed by atoms with Crippen LogP contribution in [-0.4, -0.2) is 25.0 Å². The monoisotopic (exact) mass is 313 g/mol. The van der Waals surface area contributed by atoms with Gasteiger partial charge in [0.05, 0.1) is 5.69 Å². The molecule has 1 heterocycles. The minimum Gasteiger partial charge on any atom is -0.336 e. The summed E-state index contributed by atoms with van der Waals surface area (Å²) in [5.74, 6) is -0.874. The van der Waals surface area contributed by atoms with E-state index in [0.717, 1.165) is 11.3 Å². The summed E-state index contributed by atoms with van der Waals surface area (Å²) in [6, 6.07) is 11.0. The lowest BCUT2D eigenvalue weighted by Crippen LogP contribution is -2.27. The molecule has 0 unspecified atom stereocenters. The molecule has 0 atom stereocenters. The predicted molar refractivity (Wildman–Crippen MR) is 86.3 cm³/mol. The molecule has 2 N–H and O–H groups in total. The van der Waals surface area contributed by atoms with Gasteiger partial charge in [-0.3, -0.25) is 9.69 Å². The molecule has 1 aliphatic heterocycles. The maximum Gasteiger partial charge on any atom is 0.321 e. The highest BCUT2D eigenvalue weighted by atomic mass is 19.1. The third-order valence-electron chi connectivity index (χ3n) is 3.67. The first kappa shape index (κ1) is 15.0. The molecule has 5 nitrogen and oxygen atoms in total. The molecule has 2 aromatic carbocycles. The van der Waals surface area contributed by atoms with Crippen LogP contribution in [-0.2, 0) is 0 Å². The van der Waals surface area contributed by atoms with E-state index in [-0.39, 0.29) is 11.7 Å². The number of rotatable bonds is 3. The van der Waals surface area contributed by atoms with Gasteiger partial charge in [0, 0.05) is 24.3 Å². The molecule has 1 saturated heterocycles. The zero-order valence-electron chi connectivity index (χ0n) is 12.6. The van der Waals surface area contributed by atoms with E-state index in [1.807, 2.05) is 6.92 Å². The Kier molecular flexibility index (Phi) is 3.97. The fourth-order valence-corrected chi connectivity index (χ4v) is 2.44. The van der Waals surface area contributed by atoms with Crippen molar-refractivity contribution in [3.05, 3.63) is 59.4 Å². The topological polar surface area (TPSA) is 61.4 Å².